The standard InChI is InChI=1S/C10H12IN3/c1-6(2)8-4-5-12-10-9(11)7(3)13-14(8)10/h4-6H,1-3H3. The van der Waals surface area contributed by atoms with Gasteiger partial charge < -0.3 is 0 Å². The molecule has 0 radical (unpaired) electrons. The maximum absolute atomic E-state index is 4.48. The van der Waals surface area contributed by atoms with Crippen LogP contribution >= 0.6 is 22.6 Å². The summed E-state index contributed by atoms with van der Waals surface area (Å²) in [5, 5.41) is 4.48. The maximum Gasteiger partial charge on any atom is 0.168 e. The first kappa shape index (κ1) is 9.89. The van der Waals surface area contributed by atoms with Crippen LogP contribution in [-0.2, 0) is 0 Å². The van der Waals surface area contributed by atoms with Gasteiger partial charge in [0.2, 0.25) is 0 Å². The molecule has 14 heavy (non-hydrogen) atoms. The van der Waals surface area contributed by atoms with Crippen LogP contribution in [-0.4, -0.2) is 14.6 Å². The topological polar surface area (TPSA) is 30.2 Å². The fourth-order valence-electron chi connectivity index (χ4n) is 1.48. The Kier molecular flexibility index (Phi) is 2.47. The largest absolute Gasteiger partial charge is 0.236 e. The summed E-state index contributed by atoms with van der Waals surface area (Å²) in [6, 6.07) is 2.03. The molecule has 4 heteroatoms. The normalized spacial score (nSPS) is 11.5. The van der Waals surface area contributed by atoms with Crippen molar-refractivity contribution in [1.82, 2.24) is 14.6 Å². The van der Waals surface area contributed by atoms with Crippen molar-refractivity contribution in [3.63, 3.8) is 0 Å². The van der Waals surface area contributed by atoms with Crippen LogP contribution in [0.4, 0.5) is 0 Å². The van der Waals surface area contributed by atoms with Crippen molar-refractivity contribution in [3.05, 3.63) is 27.2 Å². The zero-order chi connectivity index (χ0) is 10.3. The summed E-state index contributed by atoms with van der Waals surface area (Å²) in [4.78, 5) is 4.34. The molecule has 0 amide bonds. The summed E-state index contributed by atoms with van der Waals surface area (Å²) >= 11 is 2.29. The van der Waals surface area contributed by atoms with E-state index in [1.807, 2.05) is 23.7 Å². The van der Waals surface area contributed by atoms with E-state index >= 15 is 0 Å². The molecule has 2 rings (SSSR count). The van der Waals surface area contributed by atoms with Gasteiger partial charge in [-0.15, -0.1) is 0 Å². The van der Waals surface area contributed by atoms with Crippen LogP contribution in [0.2, 0.25) is 0 Å². The van der Waals surface area contributed by atoms with Crippen LogP contribution < -0.4 is 0 Å². The van der Waals surface area contributed by atoms with Gasteiger partial charge >= 0.3 is 0 Å². The summed E-state index contributed by atoms with van der Waals surface area (Å²) in [6.45, 7) is 6.35. The number of aryl methyl sites for hydroxylation is 1. The molecule has 0 bridgehead atoms. The third-order valence-electron chi connectivity index (χ3n) is 2.24. The summed E-state index contributed by atoms with van der Waals surface area (Å²) in [7, 11) is 0. The van der Waals surface area contributed by atoms with Crippen LogP contribution in [0.15, 0.2) is 12.3 Å². The van der Waals surface area contributed by atoms with E-state index in [0.717, 1.165) is 14.9 Å². The van der Waals surface area contributed by atoms with Crippen molar-refractivity contribution >= 4 is 28.2 Å². The lowest BCUT2D eigenvalue weighted by molar-refractivity contribution is 0.744. The zero-order valence-electron chi connectivity index (χ0n) is 8.45. The molecule has 0 fully saturated rings. The summed E-state index contributed by atoms with van der Waals surface area (Å²) in [5.74, 6) is 0.468. The predicted molar refractivity (Wildman–Crippen MR) is 64.5 cm³/mol. The van der Waals surface area contributed by atoms with Crippen molar-refractivity contribution in [2.75, 3.05) is 0 Å². The zero-order valence-corrected chi connectivity index (χ0v) is 10.6. The lowest BCUT2D eigenvalue weighted by Crippen LogP contribution is -2.01. The maximum atomic E-state index is 4.48. The molecule has 0 saturated heterocycles. The smallest absolute Gasteiger partial charge is 0.168 e. The van der Waals surface area contributed by atoms with E-state index in [2.05, 4.69) is 46.5 Å². The first-order valence-electron chi connectivity index (χ1n) is 4.61. The van der Waals surface area contributed by atoms with Gasteiger partial charge in [-0.3, -0.25) is 0 Å². The van der Waals surface area contributed by atoms with E-state index < -0.39 is 0 Å². The number of hydrogen-bond acceptors (Lipinski definition) is 2. The minimum absolute atomic E-state index is 0.468. The molecule has 0 aliphatic rings. The molecule has 2 aromatic rings. The van der Waals surface area contributed by atoms with Crippen LogP contribution in [0.5, 0.6) is 0 Å². The highest BCUT2D eigenvalue weighted by Gasteiger charge is 2.11. The lowest BCUT2D eigenvalue weighted by Gasteiger charge is -2.06. The van der Waals surface area contributed by atoms with Gasteiger partial charge in [0.05, 0.1) is 9.26 Å². The Hall–Kier alpha value is -0.650. The summed E-state index contributed by atoms with van der Waals surface area (Å²) < 4.78 is 3.09. The third-order valence-corrected chi connectivity index (χ3v) is 3.51. The second-order valence-electron chi connectivity index (χ2n) is 3.66. The fourth-order valence-corrected chi connectivity index (χ4v) is 1.95. The van der Waals surface area contributed by atoms with Gasteiger partial charge in [0, 0.05) is 11.9 Å². The average Bonchev–Trinajstić information content (AvgIpc) is 2.43. The van der Waals surface area contributed by atoms with Crippen LogP contribution in [0.1, 0.15) is 31.2 Å². The van der Waals surface area contributed by atoms with Gasteiger partial charge in [0.15, 0.2) is 5.65 Å². The Morgan fingerprint density at radius 3 is 2.79 bits per heavy atom. The van der Waals surface area contributed by atoms with Crippen molar-refractivity contribution in [1.29, 1.82) is 0 Å². The minimum atomic E-state index is 0.468. The van der Waals surface area contributed by atoms with E-state index in [-0.39, 0.29) is 0 Å². The third kappa shape index (κ3) is 1.41. The Morgan fingerprint density at radius 1 is 1.43 bits per heavy atom. The molecule has 2 aromatic heterocycles. The molecule has 0 aliphatic carbocycles. The molecule has 0 saturated carbocycles. The molecular weight excluding hydrogens is 289 g/mol. The van der Waals surface area contributed by atoms with Crippen molar-refractivity contribution < 1.29 is 0 Å². The van der Waals surface area contributed by atoms with E-state index in [4.69, 9.17) is 0 Å². The number of fused-ring (bicyclic) bond motifs is 1. The first-order chi connectivity index (χ1) is 6.61. The summed E-state index contributed by atoms with van der Waals surface area (Å²) in [6.07, 6.45) is 1.86. The summed E-state index contributed by atoms with van der Waals surface area (Å²) in [5.41, 5.74) is 3.22. The quantitative estimate of drug-likeness (QED) is 0.758. The molecule has 2 heterocycles. The second-order valence-corrected chi connectivity index (χ2v) is 4.74. The van der Waals surface area contributed by atoms with Gasteiger partial charge in [0.25, 0.3) is 0 Å². The SMILES string of the molecule is Cc1nn2c(C(C)C)ccnc2c1I. The Morgan fingerprint density at radius 2 is 2.14 bits per heavy atom. The molecule has 0 unspecified atom stereocenters. The van der Waals surface area contributed by atoms with Crippen LogP contribution in [0, 0.1) is 10.5 Å². The van der Waals surface area contributed by atoms with E-state index in [9.17, 15) is 0 Å². The molecule has 0 atom stereocenters. The van der Waals surface area contributed by atoms with Gasteiger partial charge in [0.1, 0.15) is 0 Å². The van der Waals surface area contributed by atoms with Crippen LogP contribution in [0.25, 0.3) is 5.65 Å². The highest BCUT2D eigenvalue weighted by atomic mass is 127. The average molecular weight is 301 g/mol. The molecule has 0 N–H and O–H groups in total. The number of halogens is 1. The molecule has 0 spiro atoms. The number of aromatic nitrogens is 3. The fraction of sp³-hybridized carbons (Fsp3) is 0.400. The molecular formula is C10H12IN3. The number of rotatable bonds is 1. The molecule has 0 aromatic carbocycles. The highest BCUT2D eigenvalue weighted by molar-refractivity contribution is 14.1. The minimum Gasteiger partial charge on any atom is -0.236 e. The van der Waals surface area contributed by atoms with Gasteiger partial charge in [-0.2, -0.15) is 5.10 Å². The van der Waals surface area contributed by atoms with Crippen molar-refractivity contribution in [2.24, 2.45) is 0 Å². The molecule has 74 valence electrons. The predicted octanol–water partition coefficient (Wildman–Crippen LogP) is 2.77. The lowest BCUT2D eigenvalue weighted by atomic mass is 10.1. The first-order valence-corrected chi connectivity index (χ1v) is 5.69. The monoisotopic (exact) mass is 301 g/mol. The van der Waals surface area contributed by atoms with E-state index in [1.165, 1.54) is 5.69 Å². The highest BCUT2D eigenvalue weighted by Crippen LogP contribution is 2.20. The van der Waals surface area contributed by atoms with Crippen molar-refractivity contribution in [3.8, 4) is 0 Å². The van der Waals surface area contributed by atoms with E-state index in [0.29, 0.717) is 5.92 Å². The van der Waals surface area contributed by atoms with Crippen LogP contribution in [0.3, 0.4) is 0 Å². The Labute approximate surface area is 96.7 Å². The Balaban J connectivity index is 2.81. The van der Waals surface area contributed by atoms with Gasteiger partial charge in [-0.05, 0) is 41.5 Å². The number of hydrogen-bond donors (Lipinski definition) is 0. The van der Waals surface area contributed by atoms with Crippen molar-refractivity contribution in [2.45, 2.75) is 26.7 Å². The molecule has 0 aliphatic heterocycles. The Bertz CT molecular complexity index is 473. The molecule has 3 nitrogen and oxygen atoms in total. The van der Waals surface area contributed by atoms with Gasteiger partial charge in [-0.25, -0.2) is 9.50 Å². The van der Waals surface area contributed by atoms with Gasteiger partial charge in [-0.1, -0.05) is 13.8 Å². The van der Waals surface area contributed by atoms with E-state index in [1.54, 1.807) is 0 Å². The number of nitrogens with zero attached hydrogens (tertiary/aromatic N) is 3. The second kappa shape index (κ2) is 3.49.